The predicted molar refractivity (Wildman–Crippen MR) is 68.8 cm³/mol. The molecule has 1 rings (SSSR count). The maximum atomic E-state index is 11.8. The van der Waals surface area contributed by atoms with Crippen LogP contribution in [0.1, 0.15) is 23.2 Å². The van der Waals surface area contributed by atoms with Gasteiger partial charge in [-0.15, -0.1) is 0 Å². The average Bonchev–Trinajstić information content (AvgIpc) is 2.33. The summed E-state index contributed by atoms with van der Waals surface area (Å²) in [6.07, 6.45) is -0.177. The van der Waals surface area contributed by atoms with Crippen molar-refractivity contribution in [2.45, 2.75) is 18.9 Å². The van der Waals surface area contributed by atoms with Crippen molar-refractivity contribution in [3.05, 3.63) is 34.9 Å². The predicted octanol–water partition coefficient (Wildman–Crippen LogP) is 0.788. The molecule has 2 amide bonds. The quantitative estimate of drug-likeness (QED) is 0.717. The Morgan fingerprint density at radius 3 is 2.58 bits per heavy atom. The zero-order chi connectivity index (χ0) is 14.4. The molecule has 0 aliphatic heterocycles. The first-order valence-electron chi connectivity index (χ1n) is 5.47. The number of carboxylic acids is 1. The van der Waals surface area contributed by atoms with E-state index in [1.165, 1.54) is 12.1 Å². The van der Waals surface area contributed by atoms with Gasteiger partial charge in [-0.2, -0.15) is 0 Å². The van der Waals surface area contributed by atoms with Crippen molar-refractivity contribution in [1.29, 1.82) is 0 Å². The Kier molecular flexibility index (Phi) is 5.32. The first kappa shape index (κ1) is 15.0. The second-order valence-electron chi connectivity index (χ2n) is 3.88. The van der Waals surface area contributed by atoms with Gasteiger partial charge in [0.2, 0.25) is 5.91 Å². The molecular weight excluding hydrogens is 272 g/mol. The van der Waals surface area contributed by atoms with Crippen molar-refractivity contribution in [1.82, 2.24) is 5.32 Å². The topological polar surface area (TPSA) is 109 Å². The normalized spacial score (nSPS) is 11.6. The number of aliphatic carboxylic acids is 1. The monoisotopic (exact) mass is 284 g/mol. The first-order valence-corrected chi connectivity index (χ1v) is 5.85. The molecule has 0 aromatic heterocycles. The van der Waals surface area contributed by atoms with Gasteiger partial charge in [0.1, 0.15) is 6.04 Å². The lowest BCUT2D eigenvalue weighted by Gasteiger charge is -2.13. The standard InChI is InChI=1S/C12H13ClN2O4/c13-8-3-1-2-7(6-8)11(17)15-9(12(18)19)4-5-10(14)16/h1-3,6,9H,4-5H2,(H2,14,16)(H,15,17)(H,18,19)/t9-/m1/s1. The Hall–Kier alpha value is -2.08. The molecule has 0 unspecified atom stereocenters. The Morgan fingerprint density at radius 2 is 2.05 bits per heavy atom. The van der Waals surface area contributed by atoms with E-state index in [9.17, 15) is 14.4 Å². The first-order chi connectivity index (χ1) is 8.90. The van der Waals surface area contributed by atoms with Gasteiger partial charge in [0.05, 0.1) is 0 Å². The summed E-state index contributed by atoms with van der Waals surface area (Å²) in [6.45, 7) is 0. The molecule has 0 aliphatic carbocycles. The maximum Gasteiger partial charge on any atom is 0.326 e. The molecule has 0 heterocycles. The number of primary amides is 1. The van der Waals surface area contributed by atoms with Crippen LogP contribution in [-0.2, 0) is 9.59 Å². The lowest BCUT2D eigenvalue weighted by atomic mass is 10.1. The van der Waals surface area contributed by atoms with E-state index in [1.807, 2.05) is 0 Å². The Labute approximate surface area is 114 Å². The molecule has 0 saturated heterocycles. The highest BCUT2D eigenvalue weighted by molar-refractivity contribution is 6.30. The van der Waals surface area contributed by atoms with Gasteiger partial charge in [-0.3, -0.25) is 9.59 Å². The largest absolute Gasteiger partial charge is 0.480 e. The number of amides is 2. The molecule has 0 aliphatic rings. The third-order valence-corrected chi connectivity index (χ3v) is 2.60. The van der Waals surface area contributed by atoms with Crippen molar-refractivity contribution in [3.63, 3.8) is 0 Å². The lowest BCUT2D eigenvalue weighted by Crippen LogP contribution is -2.41. The van der Waals surface area contributed by atoms with Gasteiger partial charge in [0, 0.05) is 17.0 Å². The maximum absolute atomic E-state index is 11.8. The van der Waals surface area contributed by atoms with E-state index in [0.717, 1.165) is 0 Å². The van der Waals surface area contributed by atoms with Crippen molar-refractivity contribution in [2.75, 3.05) is 0 Å². The smallest absolute Gasteiger partial charge is 0.326 e. The highest BCUT2D eigenvalue weighted by atomic mass is 35.5. The van der Waals surface area contributed by atoms with E-state index < -0.39 is 23.8 Å². The fourth-order valence-electron chi connectivity index (χ4n) is 1.42. The number of carbonyl (C=O) groups is 3. The number of hydrogen-bond acceptors (Lipinski definition) is 3. The molecule has 6 nitrogen and oxygen atoms in total. The SMILES string of the molecule is NC(=O)CC[C@@H](NC(=O)c1cccc(Cl)c1)C(=O)O. The third kappa shape index (κ3) is 4.97. The molecule has 0 radical (unpaired) electrons. The summed E-state index contributed by atoms with van der Waals surface area (Å²) < 4.78 is 0. The van der Waals surface area contributed by atoms with Crippen molar-refractivity contribution >= 4 is 29.4 Å². The molecule has 0 saturated carbocycles. The summed E-state index contributed by atoms with van der Waals surface area (Å²) in [5, 5.41) is 11.6. The number of carboxylic acid groups (broad SMARTS) is 1. The van der Waals surface area contributed by atoms with E-state index in [-0.39, 0.29) is 18.4 Å². The van der Waals surface area contributed by atoms with Crippen molar-refractivity contribution in [3.8, 4) is 0 Å². The van der Waals surface area contributed by atoms with Crippen LogP contribution in [0.3, 0.4) is 0 Å². The van der Waals surface area contributed by atoms with Crippen LogP contribution in [0.4, 0.5) is 0 Å². The van der Waals surface area contributed by atoms with Crippen LogP contribution in [0.15, 0.2) is 24.3 Å². The van der Waals surface area contributed by atoms with Crippen LogP contribution in [0.5, 0.6) is 0 Å². The molecular formula is C12H13ClN2O4. The Bertz CT molecular complexity index is 504. The van der Waals surface area contributed by atoms with E-state index in [4.69, 9.17) is 22.4 Å². The second-order valence-corrected chi connectivity index (χ2v) is 4.32. The van der Waals surface area contributed by atoms with Crippen molar-refractivity contribution < 1.29 is 19.5 Å². The minimum absolute atomic E-state index is 0.0586. The van der Waals surface area contributed by atoms with Gasteiger partial charge in [-0.05, 0) is 24.6 Å². The van der Waals surface area contributed by atoms with Crippen LogP contribution >= 0.6 is 11.6 Å². The van der Waals surface area contributed by atoms with Gasteiger partial charge < -0.3 is 16.2 Å². The summed E-state index contributed by atoms with van der Waals surface area (Å²) in [6, 6.07) is 4.94. The summed E-state index contributed by atoms with van der Waals surface area (Å²) in [5.74, 6) is -2.42. The summed E-state index contributed by atoms with van der Waals surface area (Å²) in [4.78, 5) is 33.4. The number of nitrogens with one attached hydrogen (secondary N) is 1. The van der Waals surface area contributed by atoms with Crippen LogP contribution < -0.4 is 11.1 Å². The molecule has 7 heteroatoms. The zero-order valence-electron chi connectivity index (χ0n) is 9.93. The Morgan fingerprint density at radius 1 is 1.37 bits per heavy atom. The van der Waals surface area contributed by atoms with E-state index in [1.54, 1.807) is 12.1 Å². The van der Waals surface area contributed by atoms with Gasteiger partial charge in [-0.1, -0.05) is 17.7 Å². The lowest BCUT2D eigenvalue weighted by molar-refractivity contribution is -0.139. The average molecular weight is 285 g/mol. The van der Waals surface area contributed by atoms with Crippen LogP contribution in [0.25, 0.3) is 0 Å². The van der Waals surface area contributed by atoms with Crippen LogP contribution in [0.2, 0.25) is 5.02 Å². The molecule has 1 aromatic carbocycles. The van der Waals surface area contributed by atoms with Crippen LogP contribution in [0, 0.1) is 0 Å². The zero-order valence-corrected chi connectivity index (χ0v) is 10.7. The minimum atomic E-state index is -1.23. The third-order valence-electron chi connectivity index (χ3n) is 2.37. The summed E-state index contributed by atoms with van der Waals surface area (Å²) in [7, 11) is 0. The van der Waals surface area contributed by atoms with E-state index in [0.29, 0.717) is 5.02 Å². The van der Waals surface area contributed by atoms with Crippen LogP contribution in [-0.4, -0.2) is 28.9 Å². The molecule has 1 atom stereocenters. The molecule has 1 aromatic rings. The van der Waals surface area contributed by atoms with E-state index in [2.05, 4.69) is 5.32 Å². The number of halogens is 1. The molecule has 0 bridgehead atoms. The summed E-state index contributed by atoms with van der Waals surface area (Å²) in [5.41, 5.74) is 5.19. The molecule has 19 heavy (non-hydrogen) atoms. The minimum Gasteiger partial charge on any atom is -0.480 e. The fourth-order valence-corrected chi connectivity index (χ4v) is 1.61. The number of nitrogens with two attached hydrogens (primary N) is 1. The number of benzene rings is 1. The number of hydrogen-bond donors (Lipinski definition) is 3. The molecule has 4 N–H and O–H groups in total. The molecule has 102 valence electrons. The number of carbonyl (C=O) groups excluding carboxylic acids is 2. The fraction of sp³-hybridized carbons (Fsp3) is 0.250. The van der Waals surface area contributed by atoms with Gasteiger partial charge in [0.25, 0.3) is 5.91 Å². The number of rotatable bonds is 6. The van der Waals surface area contributed by atoms with Gasteiger partial charge in [0.15, 0.2) is 0 Å². The Balaban J connectivity index is 2.71. The summed E-state index contributed by atoms with van der Waals surface area (Å²) >= 11 is 5.73. The van der Waals surface area contributed by atoms with Gasteiger partial charge >= 0.3 is 5.97 Å². The highest BCUT2D eigenvalue weighted by Gasteiger charge is 2.21. The van der Waals surface area contributed by atoms with E-state index >= 15 is 0 Å². The van der Waals surface area contributed by atoms with Gasteiger partial charge in [-0.25, -0.2) is 4.79 Å². The molecule has 0 fully saturated rings. The van der Waals surface area contributed by atoms with Crippen molar-refractivity contribution in [2.24, 2.45) is 5.73 Å². The molecule has 0 spiro atoms. The highest BCUT2D eigenvalue weighted by Crippen LogP contribution is 2.11. The second kappa shape index (κ2) is 6.75.